The van der Waals surface area contributed by atoms with Gasteiger partial charge in [-0.05, 0) is 29.8 Å². The van der Waals surface area contributed by atoms with Crippen LogP contribution in [0.2, 0.25) is 0 Å². The van der Waals surface area contributed by atoms with Crippen molar-refractivity contribution in [3.05, 3.63) is 64.8 Å². The lowest BCUT2D eigenvalue weighted by atomic mass is 9.95. The van der Waals surface area contributed by atoms with Gasteiger partial charge in [0.2, 0.25) is 0 Å². The van der Waals surface area contributed by atoms with E-state index in [0.717, 1.165) is 22.0 Å². The van der Waals surface area contributed by atoms with E-state index >= 15 is 0 Å². The Morgan fingerprint density at radius 1 is 1.22 bits per heavy atom. The van der Waals surface area contributed by atoms with Crippen LogP contribution in [0.25, 0.3) is 10.9 Å². The van der Waals surface area contributed by atoms with Crippen molar-refractivity contribution in [2.45, 2.75) is 12.6 Å². The van der Waals surface area contributed by atoms with Gasteiger partial charge in [-0.25, -0.2) is 0 Å². The van der Waals surface area contributed by atoms with E-state index in [1.165, 1.54) is 6.07 Å². The number of hydrogen-bond donors (Lipinski definition) is 3. The van der Waals surface area contributed by atoms with Gasteiger partial charge in [0.1, 0.15) is 5.75 Å². The molecule has 4 rings (SSSR count). The fourth-order valence-electron chi connectivity index (χ4n) is 3.49. The monoisotopic (exact) mass is 308 g/mol. The number of benzene rings is 2. The topological polar surface area (TPSA) is 76.6 Å². The first kappa shape index (κ1) is 13.8. The lowest BCUT2D eigenvalue weighted by molar-refractivity contribution is 0.0793. The maximum absolute atomic E-state index is 12.5. The van der Waals surface area contributed by atoms with E-state index in [4.69, 9.17) is 0 Å². The molecule has 116 valence electrons. The maximum atomic E-state index is 12.5. The molecule has 0 unspecified atom stereocenters. The number of hydrogen-bond acceptors (Lipinski definition) is 3. The summed E-state index contributed by atoms with van der Waals surface area (Å²) < 4.78 is 0. The molecule has 2 heterocycles. The van der Waals surface area contributed by atoms with Crippen molar-refractivity contribution in [2.24, 2.45) is 0 Å². The van der Waals surface area contributed by atoms with Crippen molar-refractivity contribution in [3.63, 3.8) is 0 Å². The predicted molar refractivity (Wildman–Crippen MR) is 86.3 cm³/mol. The molecular formula is C18H16N2O3. The largest absolute Gasteiger partial charge is 0.508 e. The number of phenolic OH excluding ortho intramolecular Hbond substituents is 1. The summed E-state index contributed by atoms with van der Waals surface area (Å²) in [5, 5.41) is 20.6. The second-order valence-electron chi connectivity index (χ2n) is 5.81. The second-order valence-corrected chi connectivity index (χ2v) is 5.81. The average Bonchev–Trinajstić information content (AvgIpc) is 3.03. The zero-order valence-corrected chi connectivity index (χ0v) is 12.6. The molecule has 3 aromatic rings. The Kier molecular flexibility index (Phi) is 2.92. The number of aromatic nitrogens is 1. The summed E-state index contributed by atoms with van der Waals surface area (Å²) in [5.41, 5.74) is 3.83. The molecule has 0 saturated carbocycles. The first-order chi connectivity index (χ1) is 11.1. The molecule has 1 amide bonds. The van der Waals surface area contributed by atoms with Gasteiger partial charge >= 0.3 is 0 Å². The van der Waals surface area contributed by atoms with Crippen LogP contribution in [0.3, 0.4) is 0 Å². The first-order valence-electron chi connectivity index (χ1n) is 7.42. The Balaban J connectivity index is 2.02. The smallest absolute Gasteiger partial charge is 0.254 e. The summed E-state index contributed by atoms with van der Waals surface area (Å²) in [5.74, 6) is 0.0430. The van der Waals surface area contributed by atoms with Crippen LogP contribution in [0, 0.1) is 0 Å². The molecule has 0 bridgehead atoms. The molecule has 2 aromatic carbocycles. The van der Waals surface area contributed by atoms with Gasteiger partial charge in [-0.2, -0.15) is 0 Å². The van der Waals surface area contributed by atoms with Crippen LogP contribution < -0.4 is 0 Å². The second kappa shape index (κ2) is 4.86. The summed E-state index contributed by atoms with van der Waals surface area (Å²) in [6, 6.07) is 12.2. The number of aliphatic hydroxyl groups is 1. The number of nitrogens with one attached hydrogen (secondary N) is 1. The van der Waals surface area contributed by atoms with E-state index < -0.39 is 0 Å². The van der Waals surface area contributed by atoms with Crippen LogP contribution in [0.15, 0.2) is 42.5 Å². The molecule has 0 saturated heterocycles. The molecule has 23 heavy (non-hydrogen) atoms. The molecule has 0 spiro atoms. The lowest BCUT2D eigenvalue weighted by Gasteiger charge is -2.22. The highest BCUT2D eigenvalue weighted by Gasteiger charge is 2.38. The summed E-state index contributed by atoms with van der Waals surface area (Å²) in [6.45, 7) is -0.142. The number of H-pyrrole nitrogens is 1. The fraction of sp³-hybridized carbons (Fsp3) is 0.167. The van der Waals surface area contributed by atoms with Gasteiger partial charge < -0.3 is 20.1 Å². The zero-order valence-electron chi connectivity index (χ0n) is 12.6. The highest BCUT2D eigenvalue weighted by Crippen LogP contribution is 2.42. The number of rotatable bonds is 2. The van der Waals surface area contributed by atoms with Crippen LogP contribution in [0.4, 0.5) is 0 Å². The Labute approximate surface area is 132 Å². The number of aliphatic hydroxyl groups excluding tert-OH is 1. The number of carbonyl (C=O) groups excluding carboxylic acids is 1. The van der Waals surface area contributed by atoms with E-state index in [0.29, 0.717) is 11.3 Å². The Bertz CT molecular complexity index is 929. The highest BCUT2D eigenvalue weighted by molar-refractivity contribution is 6.01. The molecule has 0 radical (unpaired) electrons. The minimum atomic E-state index is -0.331. The van der Waals surface area contributed by atoms with Gasteiger partial charge in [0.25, 0.3) is 5.91 Å². The van der Waals surface area contributed by atoms with Crippen LogP contribution in [0.1, 0.15) is 33.2 Å². The van der Waals surface area contributed by atoms with Crippen LogP contribution in [0.5, 0.6) is 5.75 Å². The van der Waals surface area contributed by atoms with Crippen LogP contribution in [-0.2, 0) is 6.61 Å². The fourth-order valence-corrected chi connectivity index (χ4v) is 3.49. The van der Waals surface area contributed by atoms with Crippen molar-refractivity contribution in [3.8, 4) is 5.75 Å². The zero-order chi connectivity index (χ0) is 16.1. The summed E-state index contributed by atoms with van der Waals surface area (Å²) in [6.07, 6.45) is 0. The van der Waals surface area contributed by atoms with Crippen molar-refractivity contribution < 1.29 is 15.0 Å². The number of para-hydroxylation sites is 1. The number of phenols is 1. The number of nitrogens with zero attached hydrogens (tertiary/aromatic N) is 1. The van der Waals surface area contributed by atoms with Gasteiger partial charge in [-0.3, -0.25) is 4.79 Å². The number of aromatic amines is 1. The molecular weight excluding hydrogens is 292 g/mol. The quantitative estimate of drug-likeness (QED) is 0.681. The van der Waals surface area contributed by atoms with Crippen LogP contribution in [-0.4, -0.2) is 33.1 Å². The van der Waals surface area contributed by atoms with E-state index in [2.05, 4.69) is 4.98 Å². The Morgan fingerprint density at radius 3 is 2.78 bits per heavy atom. The van der Waals surface area contributed by atoms with E-state index in [9.17, 15) is 15.0 Å². The van der Waals surface area contributed by atoms with Crippen molar-refractivity contribution in [1.82, 2.24) is 9.88 Å². The molecule has 1 aromatic heterocycles. The van der Waals surface area contributed by atoms with Crippen molar-refractivity contribution in [1.29, 1.82) is 0 Å². The molecule has 0 aliphatic carbocycles. The normalized spacial score (nSPS) is 17.0. The van der Waals surface area contributed by atoms with Crippen molar-refractivity contribution >= 4 is 16.8 Å². The van der Waals surface area contributed by atoms with Gasteiger partial charge in [0.05, 0.1) is 12.6 Å². The molecule has 1 atom stereocenters. The van der Waals surface area contributed by atoms with E-state index in [-0.39, 0.29) is 24.3 Å². The third kappa shape index (κ3) is 1.87. The predicted octanol–water partition coefficient (Wildman–Crippen LogP) is 2.54. The molecule has 0 fully saturated rings. The van der Waals surface area contributed by atoms with E-state index in [1.807, 2.05) is 24.3 Å². The summed E-state index contributed by atoms with van der Waals surface area (Å²) in [4.78, 5) is 17.4. The molecule has 5 nitrogen and oxygen atoms in total. The van der Waals surface area contributed by atoms with E-state index in [1.54, 1.807) is 24.1 Å². The third-order valence-electron chi connectivity index (χ3n) is 4.53. The summed E-state index contributed by atoms with van der Waals surface area (Å²) >= 11 is 0. The van der Waals surface area contributed by atoms with Gasteiger partial charge in [0, 0.05) is 34.8 Å². The minimum absolute atomic E-state index is 0.0841. The lowest BCUT2D eigenvalue weighted by Crippen LogP contribution is -2.24. The van der Waals surface area contributed by atoms with Crippen LogP contribution >= 0.6 is 0 Å². The van der Waals surface area contributed by atoms with Gasteiger partial charge in [-0.15, -0.1) is 0 Å². The minimum Gasteiger partial charge on any atom is -0.508 e. The molecule has 1 aliphatic heterocycles. The standard InChI is InChI=1S/C18H16N2O3/c1-20-17(13-8-10(22)6-7-11(13)18(20)23)16-12-4-2-3-5-14(12)19-15(16)9-21/h2-8,17,19,21-22H,9H2,1H3/t17-/m0/s1. The number of amides is 1. The van der Waals surface area contributed by atoms with Gasteiger partial charge in [-0.1, -0.05) is 18.2 Å². The average molecular weight is 308 g/mol. The maximum Gasteiger partial charge on any atom is 0.254 e. The first-order valence-corrected chi connectivity index (χ1v) is 7.42. The van der Waals surface area contributed by atoms with Crippen molar-refractivity contribution in [2.75, 3.05) is 7.05 Å². The molecule has 1 aliphatic rings. The Morgan fingerprint density at radius 2 is 2.00 bits per heavy atom. The number of aromatic hydroxyl groups is 1. The Hall–Kier alpha value is -2.79. The SMILES string of the molecule is CN1C(=O)c2ccc(O)cc2[C@H]1c1c(CO)[nH]c2ccccc12. The number of carbonyl (C=O) groups is 1. The molecule has 3 N–H and O–H groups in total. The number of fused-ring (bicyclic) bond motifs is 2. The third-order valence-corrected chi connectivity index (χ3v) is 4.53. The molecule has 5 heteroatoms. The summed E-state index contributed by atoms with van der Waals surface area (Å²) in [7, 11) is 1.74. The van der Waals surface area contributed by atoms with Gasteiger partial charge in [0.15, 0.2) is 0 Å². The highest BCUT2D eigenvalue weighted by atomic mass is 16.3.